The molecule has 0 radical (unpaired) electrons. The number of anilines is 1. The number of aromatic nitrogens is 4. The first-order valence-corrected chi connectivity index (χ1v) is 12.4. The maximum absolute atomic E-state index is 14.4. The van der Waals surface area contributed by atoms with Crippen molar-refractivity contribution in [2.45, 2.75) is 12.6 Å². The first-order chi connectivity index (χ1) is 17.2. The van der Waals surface area contributed by atoms with Gasteiger partial charge in [0.05, 0.1) is 52.6 Å². The first-order valence-electron chi connectivity index (χ1n) is 11.5. The Hall–Kier alpha value is -3.50. The maximum atomic E-state index is 14.4. The molecule has 0 amide bonds. The Bertz CT molecular complexity index is 1260. The summed E-state index contributed by atoms with van der Waals surface area (Å²) in [4.78, 5) is 4.61. The van der Waals surface area contributed by atoms with Gasteiger partial charge in [-0.05, 0) is 52.2 Å². The van der Waals surface area contributed by atoms with Crippen LogP contribution in [-0.2, 0) is 6.54 Å². The van der Waals surface area contributed by atoms with Crippen molar-refractivity contribution in [3.8, 4) is 11.5 Å². The number of hydrogen-bond donors (Lipinski definition) is 1. The Morgan fingerprint density at radius 3 is 2.54 bits per heavy atom. The molecule has 0 aliphatic carbocycles. The number of para-hydroxylation sites is 1. The van der Waals surface area contributed by atoms with E-state index < -0.39 is 0 Å². The van der Waals surface area contributed by atoms with Crippen molar-refractivity contribution < 1.29 is 18.8 Å². The molecule has 1 aliphatic rings. The second-order valence-electron chi connectivity index (χ2n) is 8.42. The molecule has 2 aromatic heterocycles. The molecule has 35 heavy (non-hydrogen) atoms. The molecule has 4 aromatic rings. The summed E-state index contributed by atoms with van der Waals surface area (Å²) >= 11 is 1.68. The lowest BCUT2D eigenvalue weighted by molar-refractivity contribution is -0.927. The predicted molar refractivity (Wildman–Crippen MR) is 132 cm³/mol. The Labute approximate surface area is 207 Å². The van der Waals surface area contributed by atoms with Crippen molar-refractivity contribution in [3.63, 3.8) is 0 Å². The van der Waals surface area contributed by atoms with E-state index in [0.29, 0.717) is 23.7 Å². The molecule has 1 N–H and O–H groups in total. The van der Waals surface area contributed by atoms with Gasteiger partial charge in [0.1, 0.15) is 5.82 Å². The van der Waals surface area contributed by atoms with Crippen molar-refractivity contribution in [2.75, 3.05) is 45.3 Å². The van der Waals surface area contributed by atoms with E-state index in [2.05, 4.69) is 31.9 Å². The predicted octanol–water partition coefficient (Wildman–Crippen LogP) is 2.43. The van der Waals surface area contributed by atoms with Gasteiger partial charge in [0.15, 0.2) is 17.5 Å². The van der Waals surface area contributed by atoms with Crippen LogP contribution in [0.3, 0.4) is 0 Å². The van der Waals surface area contributed by atoms with Gasteiger partial charge in [0.25, 0.3) is 0 Å². The van der Waals surface area contributed by atoms with Crippen LogP contribution in [0.25, 0.3) is 0 Å². The Kier molecular flexibility index (Phi) is 6.91. The molecule has 0 bridgehead atoms. The minimum atomic E-state index is -0.188. The van der Waals surface area contributed by atoms with E-state index in [1.165, 1.54) is 15.8 Å². The Morgan fingerprint density at radius 2 is 1.83 bits per heavy atom. The Morgan fingerprint density at radius 1 is 1.03 bits per heavy atom. The van der Waals surface area contributed by atoms with E-state index in [-0.39, 0.29) is 11.9 Å². The fraction of sp³-hybridized carbons (Fsp3) is 0.320. The van der Waals surface area contributed by atoms with Crippen molar-refractivity contribution in [1.29, 1.82) is 0 Å². The highest BCUT2D eigenvalue weighted by Gasteiger charge is 2.35. The topological polar surface area (TPSA) is 69.7 Å². The molecule has 8 nitrogen and oxygen atoms in total. The van der Waals surface area contributed by atoms with Crippen molar-refractivity contribution in [2.24, 2.45) is 0 Å². The summed E-state index contributed by atoms with van der Waals surface area (Å²) in [6.07, 6.45) is 0. The highest BCUT2D eigenvalue weighted by molar-refractivity contribution is 7.09. The number of hydrogen-bond acceptors (Lipinski definition) is 7. The number of ether oxygens (including phenoxy) is 2. The van der Waals surface area contributed by atoms with Gasteiger partial charge in [0, 0.05) is 10.4 Å². The quantitative estimate of drug-likeness (QED) is 0.405. The fourth-order valence-electron chi connectivity index (χ4n) is 4.71. The van der Waals surface area contributed by atoms with Gasteiger partial charge in [-0.3, -0.25) is 0 Å². The molecule has 1 fully saturated rings. The third-order valence-electron chi connectivity index (χ3n) is 6.45. The van der Waals surface area contributed by atoms with Crippen LogP contribution in [0.2, 0.25) is 0 Å². The molecule has 0 spiro atoms. The number of nitrogens with one attached hydrogen (secondary N) is 1. The largest absolute Gasteiger partial charge is 0.493 e. The van der Waals surface area contributed by atoms with Crippen LogP contribution < -0.4 is 19.3 Å². The molecule has 182 valence electrons. The summed E-state index contributed by atoms with van der Waals surface area (Å²) in [6.45, 7) is 3.68. The second kappa shape index (κ2) is 10.4. The van der Waals surface area contributed by atoms with Gasteiger partial charge in [-0.1, -0.05) is 18.2 Å². The minimum absolute atomic E-state index is 0.118. The summed E-state index contributed by atoms with van der Waals surface area (Å²) < 4.78 is 27.3. The van der Waals surface area contributed by atoms with Crippen molar-refractivity contribution in [3.05, 3.63) is 82.1 Å². The molecule has 2 aromatic carbocycles. The number of benzene rings is 2. The number of quaternary nitrogens is 1. The van der Waals surface area contributed by atoms with Gasteiger partial charge < -0.3 is 19.3 Å². The van der Waals surface area contributed by atoms with E-state index in [9.17, 15) is 4.39 Å². The maximum Gasteiger partial charge on any atom is 0.214 e. The highest BCUT2D eigenvalue weighted by atomic mass is 32.1. The fourth-order valence-corrected chi connectivity index (χ4v) is 5.40. The zero-order valence-electron chi connectivity index (χ0n) is 19.7. The molecule has 5 rings (SSSR count). The lowest BCUT2D eigenvalue weighted by atomic mass is 10.0. The van der Waals surface area contributed by atoms with Gasteiger partial charge in [-0.25, -0.2) is 9.07 Å². The molecule has 0 saturated carbocycles. The van der Waals surface area contributed by atoms with Crippen molar-refractivity contribution >= 4 is 17.0 Å². The number of thiophene rings is 1. The van der Waals surface area contributed by atoms with E-state index in [1.807, 2.05) is 41.1 Å². The van der Waals surface area contributed by atoms with E-state index in [0.717, 1.165) is 37.6 Å². The van der Waals surface area contributed by atoms with Crippen LogP contribution in [0.4, 0.5) is 10.1 Å². The van der Waals surface area contributed by atoms with E-state index in [1.54, 1.807) is 31.6 Å². The van der Waals surface area contributed by atoms with E-state index in [4.69, 9.17) is 9.47 Å². The summed E-state index contributed by atoms with van der Waals surface area (Å²) in [7, 11) is 3.27. The summed E-state index contributed by atoms with van der Waals surface area (Å²) in [5.74, 6) is 1.94. The van der Waals surface area contributed by atoms with Crippen LogP contribution in [0, 0.1) is 5.82 Å². The highest BCUT2D eigenvalue weighted by Crippen LogP contribution is 2.31. The number of tetrazole rings is 1. The molecule has 3 heterocycles. The van der Waals surface area contributed by atoms with Crippen LogP contribution in [0.5, 0.6) is 11.5 Å². The van der Waals surface area contributed by atoms with Gasteiger partial charge in [-0.15, -0.1) is 16.4 Å². The molecule has 0 unspecified atom stereocenters. The zero-order chi connectivity index (χ0) is 24.2. The molecule has 10 heteroatoms. The molecular weight excluding hydrogens is 467 g/mol. The molecule has 1 atom stereocenters. The number of piperazine rings is 1. The summed E-state index contributed by atoms with van der Waals surface area (Å²) in [5.41, 5.74) is 1.69. The average Bonchev–Trinajstić information content (AvgIpc) is 3.58. The molecular formula is C25H28FN6O2S+. The van der Waals surface area contributed by atoms with Crippen molar-refractivity contribution in [1.82, 2.24) is 20.2 Å². The molecule has 1 saturated heterocycles. The number of halogens is 1. The van der Waals surface area contributed by atoms with Gasteiger partial charge in [-0.2, -0.15) is 0 Å². The average molecular weight is 496 g/mol. The van der Waals surface area contributed by atoms with E-state index >= 15 is 0 Å². The first kappa shape index (κ1) is 23.3. The second-order valence-corrected chi connectivity index (χ2v) is 9.45. The summed E-state index contributed by atoms with van der Waals surface area (Å²) in [6, 6.07) is 16.9. The molecule has 1 aliphatic heterocycles. The zero-order valence-corrected chi connectivity index (χ0v) is 20.5. The standard InChI is InChI=1S/C25H27FN6O2S/c1-33-22-10-9-18(16-23(22)34-2)24(25-27-28-29-32(25)17-19-6-5-15-35-19)31-13-11-30(12-14-31)21-8-4-3-7-20(21)26/h3-10,15-16,24H,11-14,17H2,1-2H3/p+1/t24-/m0/s1. The van der Waals surface area contributed by atoms with Crippen LogP contribution in [-0.4, -0.2) is 60.6 Å². The number of methoxy groups -OCH3 is 2. The SMILES string of the molecule is COc1ccc([C@@H](c2nnnn2Cc2cccs2)[NH+]2CCN(c3ccccc3F)CC2)cc1OC. The Balaban J connectivity index is 1.47. The number of nitrogens with zero attached hydrogens (tertiary/aromatic N) is 5. The third kappa shape index (κ3) is 4.85. The van der Waals surface area contributed by atoms with Crippen LogP contribution >= 0.6 is 11.3 Å². The number of rotatable bonds is 8. The van der Waals surface area contributed by atoms with Gasteiger partial charge >= 0.3 is 0 Å². The lowest BCUT2D eigenvalue weighted by Crippen LogP contribution is -3.15. The van der Waals surface area contributed by atoms with Gasteiger partial charge in [0.2, 0.25) is 5.82 Å². The normalized spacial score (nSPS) is 15.2. The lowest BCUT2D eigenvalue weighted by Gasteiger charge is -2.37. The summed E-state index contributed by atoms with van der Waals surface area (Å²) in [5, 5.41) is 14.9. The third-order valence-corrected chi connectivity index (χ3v) is 7.31. The van der Waals surface area contributed by atoms with Crippen LogP contribution in [0.15, 0.2) is 60.0 Å². The monoisotopic (exact) mass is 495 g/mol. The van der Waals surface area contributed by atoms with Crippen LogP contribution in [0.1, 0.15) is 22.3 Å². The minimum Gasteiger partial charge on any atom is -0.493 e. The smallest absolute Gasteiger partial charge is 0.214 e.